The number of morpholine rings is 1. The third kappa shape index (κ3) is 4.78. The number of nitrogens with one attached hydrogen (secondary N) is 2. The summed E-state index contributed by atoms with van der Waals surface area (Å²) < 4.78 is 52.1. The van der Waals surface area contributed by atoms with Crippen molar-refractivity contribution in [2.45, 2.75) is 30.9 Å². The summed E-state index contributed by atoms with van der Waals surface area (Å²) in [7, 11) is 0. The van der Waals surface area contributed by atoms with E-state index in [1.165, 1.54) is 0 Å². The highest BCUT2D eigenvalue weighted by molar-refractivity contribution is 6.19. The second kappa shape index (κ2) is 9.70. The lowest BCUT2D eigenvalue weighted by Gasteiger charge is -2.30. The molecule has 1 saturated carbocycles. The molecule has 3 aliphatic rings. The van der Waals surface area contributed by atoms with E-state index >= 15 is 0 Å². The fraction of sp³-hybridized carbons (Fsp3) is 0.250. The van der Waals surface area contributed by atoms with E-state index in [1.807, 2.05) is 53.4 Å². The molecule has 0 radical (unpaired) electrons. The largest absolute Gasteiger partial charge is 0.417 e. The highest BCUT2D eigenvalue weighted by Crippen LogP contribution is 2.43. The van der Waals surface area contributed by atoms with Crippen molar-refractivity contribution in [3.8, 4) is 11.6 Å². The minimum absolute atomic E-state index is 0.0272. The van der Waals surface area contributed by atoms with Crippen LogP contribution in [-0.4, -0.2) is 58.3 Å². The molecule has 1 saturated heterocycles. The second-order valence-electron chi connectivity index (χ2n) is 9.83. The van der Waals surface area contributed by atoms with Gasteiger partial charge in [0, 0.05) is 23.9 Å². The number of anilines is 3. The number of fused-ring (bicyclic) bond motifs is 2. The molecule has 2 aromatic heterocycles. The Morgan fingerprint density at radius 1 is 1.05 bits per heavy atom. The van der Waals surface area contributed by atoms with Crippen molar-refractivity contribution in [2.24, 2.45) is 4.99 Å². The van der Waals surface area contributed by atoms with Gasteiger partial charge in [0.25, 0.3) is 11.8 Å². The maximum Gasteiger partial charge on any atom is 0.417 e. The molecule has 13 heteroatoms. The lowest BCUT2D eigenvalue weighted by atomic mass is 10.0. The van der Waals surface area contributed by atoms with Gasteiger partial charge in [0.2, 0.25) is 6.17 Å². The summed E-state index contributed by atoms with van der Waals surface area (Å²) in [6, 6.07) is 17.6. The third-order valence-electron chi connectivity index (χ3n) is 7.15. The molecule has 208 valence electrons. The van der Waals surface area contributed by atoms with Crippen molar-refractivity contribution in [3.63, 3.8) is 0 Å². The van der Waals surface area contributed by atoms with Crippen LogP contribution in [0.2, 0.25) is 0 Å². The Kier molecular flexibility index (Phi) is 5.96. The van der Waals surface area contributed by atoms with Crippen LogP contribution in [-0.2, 0) is 15.7 Å². The number of alkyl halides is 3. The first-order valence-corrected chi connectivity index (χ1v) is 12.9. The minimum atomic E-state index is -4.57. The van der Waals surface area contributed by atoms with Gasteiger partial charge in [0.1, 0.15) is 0 Å². The molecule has 7 rings (SSSR count). The number of nitrogens with zero attached hydrogens (tertiary/aromatic N) is 5. The summed E-state index contributed by atoms with van der Waals surface area (Å²) in [6.07, 6.45) is -4.28. The lowest BCUT2D eigenvalue weighted by molar-refractivity contribution is -0.137. The molecule has 2 fully saturated rings. The van der Waals surface area contributed by atoms with Crippen molar-refractivity contribution in [2.75, 3.05) is 28.7 Å². The van der Waals surface area contributed by atoms with Crippen molar-refractivity contribution < 1.29 is 27.1 Å². The summed E-state index contributed by atoms with van der Waals surface area (Å²) in [6.45, 7) is 0.782. The number of carbonyl (C=O) groups excluding carboxylic acids is 1. The highest BCUT2D eigenvalue weighted by Gasteiger charge is 2.47. The normalized spacial score (nSPS) is 21.7. The lowest BCUT2D eigenvalue weighted by Crippen LogP contribution is -2.37. The fourth-order valence-corrected chi connectivity index (χ4v) is 5.10. The molecule has 2 aliphatic heterocycles. The Morgan fingerprint density at radius 2 is 1.85 bits per heavy atom. The number of hydrogen-bond donors (Lipinski definition) is 2. The van der Waals surface area contributed by atoms with Gasteiger partial charge in [-0.2, -0.15) is 13.2 Å². The fourth-order valence-electron chi connectivity index (χ4n) is 5.10. The number of para-hydroxylation sites is 1. The molecule has 1 amide bonds. The summed E-state index contributed by atoms with van der Waals surface area (Å²) in [5, 5.41) is 13.8. The Hall–Kier alpha value is -4.78. The maximum absolute atomic E-state index is 13.6. The van der Waals surface area contributed by atoms with Gasteiger partial charge in [-0.25, -0.2) is 9.98 Å². The van der Waals surface area contributed by atoms with Crippen molar-refractivity contribution >= 4 is 29.0 Å². The predicted octanol–water partition coefficient (Wildman–Crippen LogP) is 4.36. The molecule has 4 heterocycles. The molecular weight excluding hydrogens is 539 g/mol. The molecule has 0 spiro atoms. The summed E-state index contributed by atoms with van der Waals surface area (Å²) in [5.74, 6) is -0.547. The first-order valence-electron chi connectivity index (χ1n) is 12.9. The van der Waals surface area contributed by atoms with Gasteiger partial charge in [-0.15, -0.1) is 5.10 Å². The number of hydrogen-bond acceptors (Lipinski definition) is 9. The van der Waals surface area contributed by atoms with Gasteiger partial charge < -0.3 is 24.7 Å². The van der Waals surface area contributed by atoms with Crippen molar-refractivity contribution in [1.29, 1.82) is 0 Å². The Labute approximate surface area is 231 Å². The SMILES string of the molecule is O=C1Nc2ccccc2C(c2ccccc2)=N[C@@H]1Nc1nnc(-c2ncc(C(F)(F)F)cc2N2CCOC3CC32)o1. The first-order chi connectivity index (χ1) is 19.8. The zero-order valence-electron chi connectivity index (χ0n) is 21.3. The maximum atomic E-state index is 13.6. The van der Waals surface area contributed by atoms with Crippen molar-refractivity contribution in [1.82, 2.24) is 15.2 Å². The molecular formula is C28H22F3N7O3. The smallest absolute Gasteiger partial charge is 0.402 e. The van der Waals surface area contributed by atoms with Crippen LogP contribution in [0, 0.1) is 0 Å². The number of benzodiazepines with no additional fused rings is 1. The molecule has 41 heavy (non-hydrogen) atoms. The van der Waals surface area contributed by atoms with E-state index in [9.17, 15) is 18.0 Å². The summed E-state index contributed by atoms with van der Waals surface area (Å²) in [5.41, 5.74) is 2.18. The summed E-state index contributed by atoms with van der Waals surface area (Å²) >= 11 is 0. The number of benzene rings is 2. The third-order valence-corrected chi connectivity index (χ3v) is 7.15. The number of carbonyl (C=O) groups is 1. The molecule has 0 bridgehead atoms. The topological polar surface area (TPSA) is 118 Å². The van der Waals surface area contributed by atoms with E-state index in [1.54, 1.807) is 6.07 Å². The number of amides is 1. The van der Waals surface area contributed by atoms with Gasteiger partial charge >= 0.3 is 12.2 Å². The van der Waals surface area contributed by atoms with Crippen LogP contribution >= 0.6 is 0 Å². The molecule has 2 unspecified atom stereocenters. The van der Waals surface area contributed by atoms with Gasteiger partial charge in [-0.3, -0.25) is 4.79 Å². The van der Waals surface area contributed by atoms with Crippen LogP contribution in [0.25, 0.3) is 11.6 Å². The standard InChI is InChI=1S/C28H22F3N7O3/c29-28(30,31)16-12-20(38-10-11-40-21-13-19(21)38)23(32-14-16)26-36-37-27(41-26)35-24-25(39)33-18-9-5-4-8-17(18)22(34-24)15-6-2-1-3-7-15/h1-9,12,14,19,21,24H,10-11,13H2,(H,33,39)(H,35,37)/t19?,21?,24-/m1/s1. The molecule has 4 aromatic rings. The van der Waals surface area contributed by atoms with Crippen LogP contribution in [0.4, 0.5) is 30.6 Å². The van der Waals surface area contributed by atoms with Crippen LogP contribution in [0.1, 0.15) is 23.1 Å². The van der Waals surface area contributed by atoms with Crippen molar-refractivity contribution in [3.05, 3.63) is 83.6 Å². The number of aliphatic imine (C=N–C) groups is 1. The zero-order valence-corrected chi connectivity index (χ0v) is 21.3. The summed E-state index contributed by atoms with van der Waals surface area (Å²) in [4.78, 5) is 23.8. The number of rotatable bonds is 5. The van der Waals surface area contributed by atoms with Crippen LogP contribution < -0.4 is 15.5 Å². The van der Waals surface area contributed by atoms with E-state index in [2.05, 4.69) is 25.8 Å². The number of aromatic nitrogens is 3. The van der Waals surface area contributed by atoms with Gasteiger partial charge in [0.05, 0.1) is 41.4 Å². The van der Waals surface area contributed by atoms with Crippen LogP contribution in [0.3, 0.4) is 0 Å². The average Bonchev–Trinajstić information content (AvgIpc) is 3.66. The molecule has 2 aromatic carbocycles. The van der Waals surface area contributed by atoms with Gasteiger partial charge in [-0.1, -0.05) is 53.6 Å². The molecule has 3 atom stereocenters. The first kappa shape index (κ1) is 25.2. The van der Waals surface area contributed by atoms with Gasteiger partial charge in [-0.05, 0) is 18.6 Å². The van der Waals surface area contributed by atoms with E-state index in [0.29, 0.717) is 31.0 Å². The quantitative estimate of drug-likeness (QED) is 0.369. The monoisotopic (exact) mass is 561 g/mol. The van der Waals surface area contributed by atoms with E-state index in [-0.39, 0.29) is 35.4 Å². The molecule has 1 aliphatic carbocycles. The second-order valence-corrected chi connectivity index (χ2v) is 9.83. The minimum Gasteiger partial charge on any atom is -0.402 e. The van der Waals surface area contributed by atoms with Gasteiger partial charge in [0.15, 0.2) is 5.69 Å². The Bertz CT molecular complexity index is 1660. The molecule has 10 nitrogen and oxygen atoms in total. The van der Waals surface area contributed by atoms with Crippen LogP contribution in [0.15, 0.2) is 76.3 Å². The zero-order chi connectivity index (χ0) is 28.1. The van der Waals surface area contributed by atoms with E-state index in [4.69, 9.17) is 14.1 Å². The van der Waals surface area contributed by atoms with E-state index < -0.39 is 23.8 Å². The van der Waals surface area contributed by atoms with Crippen LogP contribution in [0.5, 0.6) is 0 Å². The molecule has 2 N–H and O–H groups in total. The highest BCUT2D eigenvalue weighted by atomic mass is 19.4. The Balaban J connectivity index is 1.22. The average molecular weight is 562 g/mol. The number of ether oxygens (including phenoxy) is 1. The number of halogens is 3. The van der Waals surface area contributed by atoms with E-state index in [0.717, 1.165) is 23.4 Å². The Morgan fingerprint density at radius 3 is 2.68 bits per heavy atom. The predicted molar refractivity (Wildman–Crippen MR) is 143 cm³/mol. The number of pyridine rings is 1.